The molecule has 6 heteroatoms. The molecule has 0 unspecified atom stereocenters. The molecule has 0 spiro atoms. The molecular weight excluding hydrogens is 282 g/mol. The van der Waals surface area contributed by atoms with Gasteiger partial charge in [-0.2, -0.15) is 0 Å². The van der Waals surface area contributed by atoms with E-state index in [4.69, 9.17) is 11.6 Å². The standard InChI is InChI=1S/C13H12ClN3OS/c14-9-3-1-2-4-10(9)16-12(18)17-13-15-7-11(19-13)8-5-6-8/h1-4,7-8H,5-6H2,(H2,15,16,17,18). The molecule has 1 aromatic heterocycles. The normalized spacial score (nSPS) is 14.2. The van der Waals surface area contributed by atoms with Gasteiger partial charge in [0.05, 0.1) is 10.7 Å². The van der Waals surface area contributed by atoms with Crippen molar-refractivity contribution in [3.63, 3.8) is 0 Å². The van der Waals surface area contributed by atoms with Gasteiger partial charge >= 0.3 is 6.03 Å². The van der Waals surface area contributed by atoms with Gasteiger partial charge in [-0.25, -0.2) is 9.78 Å². The molecule has 0 atom stereocenters. The summed E-state index contributed by atoms with van der Waals surface area (Å²) < 4.78 is 0. The number of amides is 2. The second-order valence-electron chi connectivity index (χ2n) is 4.40. The number of para-hydroxylation sites is 1. The number of anilines is 2. The fraction of sp³-hybridized carbons (Fsp3) is 0.231. The van der Waals surface area contributed by atoms with Crippen molar-refractivity contribution in [3.05, 3.63) is 40.4 Å². The third-order valence-electron chi connectivity index (χ3n) is 2.85. The lowest BCUT2D eigenvalue weighted by Gasteiger charge is -2.06. The lowest BCUT2D eigenvalue weighted by molar-refractivity contribution is 0.262. The molecule has 4 nitrogen and oxygen atoms in total. The molecule has 1 heterocycles. The van der Waals surface area contributed by atoms with Gasteiger partial charge in [-0.15, -0.1) is 11.3 Å². The van der Waals surface area contributed by atoms with Gasteiger partial charge in [-0.1, -0.05) is 23.7 Å². The first-order chi connectivity index (χ1) is 9.22. The van der Waals surface area contributed by atoms with E-state index in [2.05, 4.69) is 15.6 Å². The lowest BCUT2D eigenvalue weighted by atomic mass is 10.3. The summed E-state index contributed by atoms with van der Waals surface area (Å²) in [6.45, 7) is 0. The maximum absolute atomic E-state index is 11.8. The van der Waals surface area contributed by atoms with E-state index in [-0.39, 0.29) is 6.03 Å². The van der Waals surface area contributed by atoms with Gasteiger partial charge in [-0.3, -0.25) is 5.32 Å². The molecule has 3 rings (SSSR count). The quantitative estimate of drug-likeness (QED) is 0.885. The number of rotatable bonds is 3. The number of hydrogen-bond acceptors (Lipinski definition) is 3. The Morgan fingerprint density at radius 3 is 2.84 bits per heavy atom. The van der Waals surface area contributed by atoms with Crippen LogP contribution in [-0.2, 0) is 0 Å². The van der Waals surface area contributed by atoms with Crippen molar-refractivity contribution >= 4 is 39.8 Å². The third-order valence-corrected chi connectivity index (χ3v) is 4.25. The second-order valence-corrected chi connectivity index (χ2v) is 5.87. The van der Waals surface area contributed by atoms with Gasteiger partial charge in [0.2, 0.25) is 0 Å². The number of nitrogens with zero attached hydrogens (tertiary/aromatic N) is 1. The van der Waals surface area contributed by atoms with Crippen LogP contribution in [0.25, 0.3) is 0 Å². The topological polar surface area (TPSA) is 54.0 Å². The molecule has 2 N–H and O–H groups in total. The number of hydrogen-bond donors (Lipinski definition) is 2. The zero-order valence-corrected chi connectivity index (χ0v) is 11.6. The highest BCUT2D eigenvalue weighted by atomic mass is 35.5. The predicted molar refractivity (Wildman–Crippen MR) is 78.2 cm³/mol. The molecule has 0 radical (unpaired) electrons. The highest BCUT2D eigenvalue weighted by Gasteiger charge is 2.25. The average molecular weight is 294 g/mol. The molecule has 0 saturated heterocycles. The van der Waals surface area contributed by atoms with E-state index in [1.165, 1.54) is 29.1 Å². The maximum Gasteiger partial charge on any atom is 0.325 e. The van der Waals surface area contributed by atoms with E-state index in [0.717, 1.165) is 0 Å². The van der Waals surface area contributed by atoms with Gasteiger partial charge in [0.25, 0.3) is 0 Å². The average Bonchev–Trinajstić information content (AvgIpc) is 3.14. The van der Waals surface area contributed by atoms with Crippen molar-refractivity contribution in [2.75, 3.05) is 10.6 Å². The van der Waals surface area contributed by atoms with Gasteiger partial charge in [0, 0.05) is 11.1 Å². The summed E-state index contributed by atoms with van der Waals surface area (Å²) in [4.78, 5) is 17.3. The molecule has 0 aliphatic heterocycles. The van der Waals surface area contributed by atoms with Crippen LogP contribution in [0.1, 0.15) is 23.6 Å². The Morgan fingerprint density at radius 2 is 2.11 bits per heavy atom. The molecule has 0 bridgehead atoms. The van der Waals surface area contributed by atoms with Crippen LogP contribution < -0.4 is 10.6 Å². The fourth-order valence-corrected chi connectivity index (χ4v) is 2.88. The largest absolute Gasteiger partial charge is 0.325 e. The molecule has 19 heavy (non-hydrogen) atoms. The van der Waals surface area contributed by atoms with Crippen LogP contribution in [0.2, 0.25) is 5.02 Å². The maximum atomic E-state index is 11.8. The van der Waals surface area contributed by atoms with Crippen molar-refractivity contribution in [3.8, 4) is 0 Å². The van der Waals surface area contributed by atoms with Gasteiger partial charge in [0.1, 0.15) is 0 Å². The number of carbonyl (C=O) groups excluding carboxylic acids is 1. The SMILES string of the molecule is O=C(Nc1ncc(C2CC2)s1)Nc1ccccc1Cl. The first-order valence-electron chi connectivity index (χ1n) is 6.00. The number of halogens is 1. The highest BCUT2D eigenvalue weighted by molar-refractivity contribution is 7.15. The molecule has 1 saturated carbocycles. The van der Waals surface area contributed by atoms with Crippen molar-refractivity contribution in [2.45, 2.75) is 18.8 Å². The summed E-state index contributed by atoms with van der Waals surface area (Å²) in [5.41, 5.74) is 0.584. The minimum Gasteiger partial charge on any atom is -0.306 e. The van der Waals surface area contributed by atoms with Crippen LogP contribution >= 0.6 is 22.9 Å². The lowest BCUT2D eigenvalue weighted by Crippen LogP contribution is -2.19. The minimum absolute atomic E-state index is 0.329. The summed E-state index contributed by atoms with van der Waals surface area (Å²) in [7, 11) is 0. The summed E-state index contributed by atoms with van der Waals surface area (Å²) in [5, 5.41) is 6.54. The Balaban J connectivity index is 1.62. The van der Waals surface area contributed by atoms with Gasteiger partial charge < -0.3 is 5.32 Å². The van der Waals surface area contributed by atoms with E-state index >= 15 is 0 Å². The highest BCUT2D eigenvalue weighted by Crippen LogP contribution is 2.43. The summed E-state index contributed by atoms with van der Waals surface area (Å²) >= 11 is 7.50. The van der Waals surface area contributed by atoms with Crippen LogP contribution in [0.15, 0.2) is 30.5 Å². The van der Waals surface area contributed by atoms with Crippen molar-refractivity contribution in [1.82, 2.24) is 4.98 Å². The van der Waals surface area contributed by atoms with Crippen LogP contribution in [0.4, 0.5) is 15.6 Å². The Kier molecular flexibility index (Phi) is 3.40. The van der Waals surface area contributed by atoms with E-state index in [1.807, 2.05) is 18.3 Å². The number of aromatic nitrogens is 1. The smallest absolute Gasteiger partial charge is 0.306 e. The van der Waals surface area contributed by atoms with E-state index in [9.17, 15) is 4.79 Å². The first kappa shape index (κ1) is 12.4. The Morgan fingerprint density at radius 1 is 1.32 bits per heavy atom. The van der Waals surface area contributed by atoms with E-state index in [1.54, 1.807) is 12.1 Å². The van der Waals surface area contributed by atoms with Crippen molar-refractivity contribution in [2.24, 2.45) is 0 Å². The summed E-state index contributed by atoms with van der Waals surface area (Å²) in [6, 6.07) is 6.78. The summed E-state index contributed by atoms with van der Waals surface area (Å²) in [5.74, 6) is 0.652. The van der Waals surface area contributed by atoms with Crippen LogP contribution in [0.3, 0.4) is 0 Å². The van der Waals surface area contributed by atoms with Crippen LogP contribution in [0, 0.1) is 0 Å². The van der Waals surface area contributed by atoms with Crippen molar-refractivity contribution in [1.29, 1.82) is 0 Å². The summed E-state index contributed by atoms with van der Waals surface area (Å²) in [6.07, 6.45) is 4.30. The molecule has 1 aromatic carbocycles. The Bertz CT molecular complexity index is 609. The van der Waals surface area contributed by atoms with Gasteiger partial charge in [0.15, 0.2) is 5.13 Å². The van der Waals surface area contributed by atoms with Crippen LogP contribution in [-0.4, -0.2) is 11.0 Å². The molecular formula is C13H12ClN3OS. The molecule has 98 valence electrons. The number of benzene rings is 1. The van der Waals surface area contributed by atoms with E-state index < -0.39 is 0 Å². The third kappa shape index (κ3) is 3.05. The molecule has 1 aliphatic rings. The molecule has 2 amide bonds. The Labute approximate surface area is 119 Å². The van der Waals surface area contributed by atoms with Crippen LogP contribution in [0.5, 0.6) is 0 Å². The predicted octanol–water partition coefficient (Wildman–Crippen LogP) is 4.32. The minimum atomic E-state index is -0.329. The first-order valence-corrected chi connectivity index (χ1v) is 7.20. The van der Waals surface area contributed by atoms with Gasteiger partial charge in [-0.05, 0) is 30.9 Å². The zero-order valence-electron chi connectivity index (χ0n) is 10.0. The Hall–Kier alpha value is -1.59. The number of carbonyl (C=O) groups is 1. The number of urea groups is 1. The second kappa shape index (κ2) is 5.19. The fourth-order valence-electron chi connectivity index (χ4n) is 1.71. The molecule has 1 fully saturated rings. The zero-order chi connectivity index (χ0) is 13.2. The monoisotopic (exact) mass is 293 g/mol. The molecule has 2 aromatic rings. The van der Waals surface area contributed by atoms with E-state index in [0.29, 0.717) is 21.8 Å². The number of thiazole rings is 1. The van der Waals surface area contributed by atoms with Crippen molar-refractivity contribution < 1.29 is 4.79 Å². The number of nitrogens with one attached hydrogen (secondary N) is 2. The molecule has 1 aliphatic carbocycles.